The summed E-state index contributed by atoms with van der Waals surface area (Å²) in [4.78, 5) is 48.4. The number of halogens is 1. The fourth-order valence-corrected chi connectivity index (χ4v) is 5.40. The normalized spacial score (nSPS) is 14.1. The molecule has 1 atom stereocenters. The van der Waals surface area contributed by atoms with Crippen molar-refractivity contribution >= 4 is 52.7 Å². The molecule has 14 nitrogen and oxygen atoms in total. The lowest BCUT2D eigenvalue weighted by atomic mass is 9.95. The van der Waals surface area contributed by atoms with Gasteiger partial charge in [-0.05, 0) is 89.5 Å². The number of nitrogens with one attached hydrogen (secondary N) is 3. The lowest BCUT2D eigenvalue weighted by Gasteiger charge is -2.28. The Morgan fingerprint density at radius 2 is 1.73 bits per heavy atom. The summed E-state index contributed by atoms with van der Waals surface area (Å²) in [6.07, 6.45) is 1.44. The number of nitrogens with zero attached hydrogens (tertiary/aromatic N) is 1. The van der Waals surface area contributed by atoms with Crippen LogP contribution in [0.5, 0.6) is 23.0 Å². The Morgan fingerprint density at radius 1 is 1.00 bits per heavy atom. The number of hydrazone groups is 1. The molecule has 1 heterocycles. The Balaban J connectivity index is 1.36. The first kappa shape index (κ1) is 35.5. The molecular formula is C33H33IN4O10. The molecule has 3 aromatic carbocycles. The highest BCUT2D eigenvalue weighted by molar-refractivity contribution is 14.1. The van der Waals surface area contributed by atoms with E-state index >= 15 is 0 Å². The minimum absolute atomic E-state index is 0.170. The predicted molar refractivity (Wildman–Crippen MR) is 181 cm³/mol. The van der Waals surface area contributed by atoms with E-state index in [4.69, 9.17) is 28.8 Å². The first-order valence-electron chi connectivity index (χ1n) is 14.4. The molecule has 4 N–H and O–H groups in total. The van der Waals surface area contributed by atoms with Crippen molar-refractivity contribution in [3.8, 4) is 23.0 Å². The number of amides is 3. The fourth-order valence-electron chi connectivity index (χ4n) is 4.61. The van der Waals surface area contributed by atoms with Crippen molar-refractivity contribution in [2.45, 2.75) is 26.5 Å². The second-order valence-corrected chi connectivity index (χ2v) is 11.3. The zero-order valence-electron chi connectivity index (χ0n) is 26.4. The monoisotopic (exact) mass is 772 g/mol. The molecule has 0 fully saturated rings. The molecule has 3 amide bonds. The zero-order chi connectivity index (χ0) is 34.8. The predicted octanol–water partition coefficient (Wildman–Crippen LogP) is 4.31. The molecule has 48 heavy (non-hydrogen) atoms. The summed E-state index contributed by atoms with van der Waals surface area (Å²) < 4.78 is 28.5. The summed E-state index contributed by atoms with van der Waals surface area (Å²) in [6.45, 7) is 3.29. The summed E-state index contributed by atoms with van der Waals surface area (Å²) >= 11 is 2.10. The number of hydrogen-bond acceptors (Lipinski definition) is 10. The standard InChI is InChI=1S/C33H33IN4O10/c1-5-46-32(42)28-18(2)36-33(43)37-29(28)22-10-11-24(25(14-22)44-3)47-17-27(39)38-35-15-20-12-23(34)30(26(13-20)45-4)48-16-19-6-8-21(9-7-19)31(40)41/h6-15,29H,5,16-17H2,1-4H3,(H,38,39)(H,40,41)(H2,36,37,43)/b35-15-/t29-/m1/s1. The van der Waals surface area contributed by atoms with E-state index in [1.165, 1.54) is 32.6 Å². The number of esters is 1. The van der Waals surface area contributed by atoms with Gasteiger partial charge in [-0.1, -0.05) is 18.2 Å². The number of ether oxygens (including phenoxy) is 5. The van der Waals surface area contributed by atoms with Crippen molar-refractivity contribution in [1.82, 2.24) is 16.1 Å². The van der Waals surface area contributed by atoms with Gasteiger partial charge >= 0.3 is 18.0 Å². The summed E-state index contributed by atoms with van der Waals surface area (Å²) in [5.41, 5.74) is 5.18. The maximum absolute atomic E-state index is 12.6. The average molecular weight is 773 g/mol. The van der Waals surface area contributed by atoms with Crippen LogP contribution < -0.4 is 35.0 Å². The maximum atomic E-state index is 12.6. The number of carbonyl (C=O) groups is 4. The summed E-state index contributed by atoms with van der Waals surface area (Å²) in [6, 6.07) is 13.4. The lowest BCUT2D eigenvalue weighted by Crippen LogP contribution is -2.45. The number of allylic oxidation sites excluding steroid dienone is 1. The van der Waals surface area contributed by atoms with E-state index in [2.05, 4.69) is 43.8 Å². The number of carbonyl (C=O) groups excluding carboxylic acids is 3. The smallest absolute Gasteiger partial charge is 0.338 e. The Morgan fingerprint density at radius 3 is 2.40 bits per heavy atom. The number of hydrogen-bond donors (Lipinski definition) is 4. The number of carboxylic acid groups (broad SMARTS) is 1. The van der Waals surface area contributed by atoms with Crippen molar-refractivity contribution < 1.29 is 48.0 Å². The van der Waals surface area contributed by atoms with Gasteiger partial charge in [0.25, 0.3) is 5.91 Å². The minimum atomic E-state index is -1.00. The lowest BCUT2D eigenvalue weighted by molar-refractivity contribution is -0.139. The van der Waals surface area contributed by atoms with Crippen molar-refractivity contribution in [1.29, 1.82) is 0 Å². The second-order valence-electron chi connectivity index (χ2n) is 10.1. The van der Waals surface area contributed by atoms with E-state index in [0.29, 0.717) is 28.3 Å². The molecule has 0 unspecified atom stereocenters. The van der Waals surface area contributed by atoms with Gasteiger partial charge in [0, 0.05) is 5.70 Å². The van der Waals surface area contributed by atoms with Crippen LogP contribution in [-0.2, 0) is 20.9 Å². The van der Waals surface area contributed by atoms with E-state index in [-0.39, 0.29) is 42.5 Å². The molecule has 0 saturated carbocycles. The highest BCUT2D eigenvalue weighted by Gasteiger charge is 2.32. The third kappa shape index (κ3) is 8.93. The highest BCUT2D eigenvalue weighted by atomic mass is 127. The van der Waals surface area contributed by atoms with Crippen LogP contribution in [0.2, 0.25) is 0 Å². The first-order valence-corrected chi connectivity index (χ1v) is 15.5. The number of rotatable bonds is 14. The van der Waals surface area contributed by atoms with Gasteiger partial charge in [-0.15, -0.1) is 0 Å². The molecular weight excluding hydrogens is 739 g/mol. The van der Waals surface area contributed by atoms with E-state index < -0.39 is 29.9 Å². The second kappa shape index (κ2) is 16.5. The van der Waals surface area contributed by atoms with Gasteiger partial charge in [0.1, 0.15) is 6.61 Å². The van der Waals surface area contributed by atoms with Gasteiger partial charge in [-0.3, -0.25) is 4.79 Å². The van der Waals surface area contributed by atoms with Crippen LogP contribution in [-0.4, -0.2) is 62.6 Å². The summed E-state index contributed by atoms with van der Waals surface area (Å²) in [5, 5.41) is 18.4. The van der Waals surface area contributed by atoms with Crippen LogP contribution in [0.15, 0.2) is 71.0 Å². The molecule has 252 valence electrons. The van der Waals surface area contributed by atoms with Crippen molar-refractivity contribution in [2.75, 3.05) is 27.4 Å². The van der Waals surface area contributed by atoms with Gasteiger partial charge < -0.3 is 39.4 Å². The van der Waals surface area contributed by atoms with Crippen molar-refractivity contribution in [3.63, 3.8) is 0 Å². The number of urea groups is 1. The van der Waals surface area contributed by atoms with Crippen LogP contribution in [0, 0.1) is 3.57 Å². The van der Waals surface area contributed by atoms with Crippen LogP contribution in [0.1, 0.15) is 46.9 Å². The largest absolute Gasteiger partial charge is 0.493 e. The van der Waals surface area contributed by atoms with E-state index in [0.717, 1.165) is 9.13 Å². The van der Waals surface area contributed by atoms with Gasteiger partial charge in [0.05, 0.1) is 47.8 Å². The summed E-state index contributed by atoms with van der Waals surface area (Å²) in [7, 11) is 2.93. The molecule has 0 bridgehead atoms. The van der Waals surface area contributed by atoms with Crippen molar-refractivity contribution in [2.24, 2.45) is 5.10 Å². The SMILES string of the molecule is CCOC(=O)C1=C(C)NC(=O)N[C@@H]1c1ccc(OCC(=O)N/N=C\c2cc(I)c(OCc3ccc(C(=O)O)cc3)c(OC)c2)c(OC)c1. The van der Waals surface area contributed by atoms with Gasteiger partial charge in [0.15, 0.2) is 29.6 Å². The van der Waals surface area contributed by atoms with Crippen molar-refractivity contribution in [3.05, 3.63) is 91.7 Å². The molecule has 0 saturated heterocycles. The third-order valence-corrected chi connectivity index (χ3v) is 7.68. The Hall–Kier alpha value is -5.32. The number of carboxylic acids is 1. The molecule has 0 aliphatic carbocycles. The molecule has 3 aromatic rings. The van der Waals surface area contributed by atoms with Crippen LogP contribution in [0.4, 0.5) is 4.79 Å². The number of methoxy groups -OCH3 is 2. The van der Waals surface area contributed by atoms with Crippen LogP contribution >= 0.6 is 22.6 Å². The molecule has 1 aliphatic heterocycles. The maximum Gasteiger partial charge on any atom is 0.338 e. The number of aromatic carboxylic acids is 1. The van der Waals surface area contributed by atoms with Crippen LogP contribution in [0.3, 0.4) is 0 Å². The fraction of sp³-hybridized carbons (Fsp3) is 0.242. The third-order valence-electron chi connectivity index (χ3n) is 6.88. The Bertz CT molecular complexity index is 1760. The van der Waals surface area contributed by atoms with Gasteiger partial charge in [-0.25, -0.2) is 19.8 Å². The van der Waals surface area contributed by atoms with E-state index in [9.17, 15) is 19.2 Å². The zero-order valence-corrected chi connectivity index (χ0v) is 28.6. The average Bonchev–Trinajstić information content (AvgIpc) is 3.06. The Labute approximate surface area is 289 Å². The van der Waals surface area contributed by atoms with E-state index in [1.54, 1.807) is 56.3 Å². The van der Waals surface area contributed by atoms with E-state index in [1.807, 2.05) is 0 Å². The topological polar surface area (TPSA) is 183 Å². The molecule has 0 radical (unpaired) electrons. The number of benzene rings is 3. The Kier molecular flexibility index (Phi) is 12.2. The first-order chi connectivity index (χ1) is 23.0. The molecule has 4 rings (SSSR count). The van der Waals surface area contributed by atoms with Gasteiger partial charge in [0.2, 0.25) is 0 Å². The molecule has 0 aromatic heterocycles. The minimum Gasteiger partial charge on any atom is -0.493 e. The van der Waals surface area contributed by atoms with Gasteiger partial charge in [-0.2, -0.15) is 5.10 Å². The molecule has 1 aliphatic rings. The highest BCUT2D eigenvalue weighted by Crippen LogP contribution is 2.35. The van der Waals surface area contributed by atoms with Crippen LogP contribution in [0.25, 0.3) is 0 Å². The molecule has 0 spiro atoms. The quantitative estimate of drug-likeness (QED) is 0.0798. The summed E-state index contributed by atoms with van der Waals surface area (Å²) in [5.74, 6) is -0.631. The molecule has 15 heteroatoms.